The number of carbonyl (C=O) groups excluding carboxylic acids is 1. The Bertz CT molecular complexity index is 827. The molecule has 0 atom stereocenters. The van der Waals surface area contributed by atoms with Crippen LogP contribution in [-0.4, -0.2) is 17.0 Å². The van der Waals surface area contributed by atoms with E-state index >= 15 is 0 Å². The van der Waals surface area contributed by atoms with Crippen LogP contribution in [0.5, 0.6) is 0 Å². The third-order valence-electron chi connectivity index (χ3n) is 3.57. The SMILES string of the molecule is CC(C)c1ccc(/C=C(/NC(=O)c2ccc(Cl)cc2Cl)C(=O)O)cc1. The van der Waals surface area contributed by atoms with E-state index in [1.165, 1.54) is 24.3 Å². The topological polar surface area (TPSA) is 66.4 Å². The molecule has 25 heavy (non-hydrogen) atoms. The van der Waals surface area contributed by atoms with Crippen LogP contribution in [0.1, 0.15) is 41.3 Å². The molecule has 0 radical (unpaired) electrons. The largest absolute Gasteiger partial charge is 0.477 e. The summed E-state index contributed by atoms with van der Waals surface area (Å²) < 4.78 is 0. The lowest BCUT2D eigenvalue weighted by Gasteiger charge is -2.09. The number of hydrogen-bond donors (Lipinski definition) is 2. The first-order valence-corrected chi connectivity index (χ1v) is 8.35. The first-order chi connectivity index (χ1) is 11.8. The predicted octanol–water partition coefficient (Wildman–Crippen LogP) is 4.97. The number of carboxylic acid groups (broad SMARTS) is 1. The number of benzene rings is 2. The number of aliphatic carboxylic acids is 1. The Morgan fingerprint density at radius 3 is 2.24 bits per heavy atom. The van der Waals surface area contributed by atoms with E-state index in [1.807, 2.05) is 12.1 Å². The third-order valence-corrected chi connectivity index (χ3v) is 4.12. The lowest BCUT2D eigenvalue weighted by Crippen LogP contribution is -2.27. The zero-order valence-electron chi connectivity index (χ0n) is 13.7. The molecule has 2 rings (SSSR count). The molecule has 0 aliphatic rings. The van der Waals surface area contributed by atoms with Gasteiger partial charge in [0.1, 0.15) is 5.70 Å². The monoisotopic (exact) mass is 377 g/mol. The predicted molar refractivity (Wildman–Crippen MR) is 100 cm³/mol. The molecule has 0 heterocycles. The molecule has 4 nitrogen and oxygen atoms in total. The van der Waals surface area contributed by atoms with Crippen molar-refractivity contribution in [1.29, 1.82) is 0 Å². The lowest BCUT2D eigenvalue weighted by molar-refractivity contribution is -0.132. The van der Waals surface area contributed by atoms with Crippen LogP contribution >= 0.6 is 23.2 Å². The minimum Gasteiger partial charge on any atom is -0.477 e. The zero-order chi connectivity index (χ0) is 18.6. The molecule has 0 aliphatic carbocycles. The highest BCUT2D eigenvalue weighted by atomic mass is 35.5. The molecular formula is C19H17Cl2NO3. The standard InChI is InChI=1S/C19H17Cl2NO3/c1-11(2)13-5-3-12(4-6-13)9-17(19(24)25)22-18(23)15-8-7-14(20)10-16(15)21/h3-11H,1-2H3,(H,22,23)(H,24,25)/b17-9+. The van der Waals surface area contributed by atoms with Crippen LogP contribution in [0.3, 0.4) is 0 Å². The van der Waals surface area contributed by atoms with E-state index in [9.17, 15) is 14.7 Å². The van der Waals surface area contributed by atoms with E-state index in [2.05, 4.69) is 19.2 Å². The van der Waals surface area contributed by atoms with Gasteiger partial charge in [-0.15, -0.1) is 0 Å². The van der Waals surface area contributed by atoms with E-state index in [-0.39, 0.29) is 16.3 Å². The molecule has 0 aromatic heterocycles. The van der Waals surface area contributed by atoms with Crippen LogP contribution in [0, 0.1) is 0 Å². The molecule has 2 aromatic rings. The van der Waals surface area contributed by atoms with Gasteiger partial charge in [-0.2, -0.15) is 0 Å². The molecule has 0 spiro atoms. The summed E-state index contributed by atoms with van der Waals surface area (Å²) in [4.78, 5) is 23.7. The zero-order valence-corrected chi connectivity index (χ0v) is 15.2. The molecular weight excluding hydrogens is 361 g/mol. The minimum atomic E-state index is -1.24. The second-order valence-corrected chi connectivity index (χ2v) is 6.61. The second-order valence-electron chi connectivity index (χ2n) is 5.76. The van der Waals surface area contributed by atoms with Crippen molar-refractivity contribution in [2.45, 2.75) is 19.8 Å². The number of halogens is 2. The van der Waals surface area contributed by atoms with Crippen LogP contribution < -0.4 is 5.32 Å². The highest BCUT2D eigenvalue weighted by Gasteiger charge is 2.16. The minimum absolute atomic E-state index is 0.147. The maximum atomic E-state index is 12.3. The summed E-state index contributed by atoms with van der Waals surface area (Å²) in [5.41, 5.74) is 1.72. The molecule has 0 saturated carbocycles. The van der Waals surface area contributed by atoms with Gasteiger partial charge < -0.3 is 10.4 Å². The molecule has 0 fully saturated rings. The van der Waals surface area contributed by atoms with E-state index in [0.717, 1.165) is 5.56 Å². The van der Waals surface area contributed by atoms with Gasteiger partial charge in [-0.3, -0.25) is 4.79 Å². The summed E-state index contributed by atoms with van der Waals surface area (Å²) >= 11 is 11.8. The van der Waals surface area contributed by atoms with Crippen molar-refractivity contribution in [2.75, 3.05) is 0 Å². The van der Waals surface area contributed by atoms with Gasteiger partial charge in [0.2, 0.25) is 0 Å². The van der Waals surface area contributed by atoms with Crippen LogP contribution in [0.2, 0.25) is 10.0 Å². The summed E-state index contributed by atoms with van der Waals surface area (Å²) in [6.45, 7) is 4.15. The molecule has 1 amide bonds. The van der Waals surface area contributed by atoms with Gasteiger partial charge in [-0.1, -0.05) is 61.3 Å². The van der Waals surface area contributed by atoms with Crippen molar-refractivity contribution < 1.29 is 14.7 Å². The van der Waals surface area contributed by atoms with E-state index in [1.54, 1.807) is 12.1 Å². The van der Waals surface area contributed by atoms with E-state index in [4.69, 9.17) is 23.2 Å². The number of nitrogens with one attached hydrogen (secondary N) is 1. The average Bonchev–Trinajstić information content (AvgIpc) is 2.54. The van der Waals surface area contributed by atoms with Gasteiger partial charge in [0.15, 0.2) is 0 Å². The van der Waals surface area contributed by atoms with Gasteiger partial charge in [0.05, 0.1) is 10.6 Å². The smallest absolute Gasteiger partial charge is 0.352 e. The van der Waals surface area contributed by atoms with Gasteiger partial charge in [-0.25, -0.2) is 4.79 Å². The van der Waals surface area contributed by atoms with E-state index < -0.39 is 11.9 Å². The van der Waals surface area contributed by atoms with Gasteiger partial charge in [0, 0.05) is 5.02 Å². The molecule has 2 N–H and O–H groups in total. The van der Waals surface area contributed by atoms with Gasteiger partial charge in [-0.05, 0) is 41.3 Å². The van der Waals surface area contributed by atoms with Crippen molar-refractivity contribution in [3.63, 3.8) is 0 Å². The summed E-state index contributed by atoms with van der Waals surface area (Å²) in [5.74, 6) is -1.48. The van der Waals surface area contributed by atoms with Crippen LogP contribution in [0.25, 0.3) is 6.08 Å². The normalized spacial score (nSPS) is 11.5. The Morgan fingerprint density at radius 2 is 1.72 bits per heavy atom. The Labute approximate surface area is 156 Å². The molecule has 6 heteroatoms. The van der Waals surface area contributed by atoms with Crippen LogP contribution in [0.15, 0.2) is 48.2 Å². The maximum Gasteiger partial charge on any atom is 0.352 e. The lowest BCUT2D eigenvalue weighted by atomic mass is 10.0. The number of rotatable bonds is 5. The van der Waals surface area contributed by atoms with Crippen molar-refractivity contribution in [3.05, 3.63) is 74.9 Å². The number of carbonyl (C=O) groups is 2. The first-order valence-electron chi connectivity index (χ1n) is 7.59. The van der Waals surface area contributed by atoms with Crippen molar-refractivity contribution in [3.8, 4) is 0 Å². The molecule has 2 aromatic carbocycles. The maximum absolute atomic E-state index is 12.3. The molecule has 0 saturated heterocycles. The van der Waals surface area contributed by atoms with Gasteiger partial charge >= 0.3 is 5.97 Å². The molecule has 130 valence electrons. The number of carboxylic acids is 1. The Morgan fingerprint density at radius 1 is 1.08 bits per heavy atom. The van der Waals surface area contributed by atoms with Crippen LogP contribution in [0.4, 0.5) is 0 Å². The number of amides is 1. The van der Waals surface area contributed by atoms with E-state index in [0.29, 0.717) is 16.5 Å². The van der Waals surface area contributed by atoms with Gasteiger partial charge in [0.25, 0.3) is 5.91 Å². The molecule has 0 bridgehead atoms. The summed E-state index contributed by atoms with van der Waals surface area (Å²) in [6, 6.07) is 11.8. The first kappa shape index (κ1) is 19.0. The average molecular weight is 378 g/mol. The quantitative estimate of drug-likeness (QED) is 0.722. The summed E-state index contributed by atoms with van der Waals surface area (Å²) in [5, 5.41) is 12.3. The summed E-state index contributed by atoms with van der Waals surface area (Å²) in [6.07, 6.45) is 1.40. The molecule has 0 aliphatic heterocycles. The summed E-state index contributed by atoms with van der Waals surface area (Å²) in [7, 11) is 0. The third kappa shape index (κ3) is 5.08. The Balaban J connectivity index is 2.25. The fourth-order valence-electron chi connectivity index (χ4n) is 2.16. The van der Waals surface area contributed by atoms with Crippen molar-refractivity contribution in [2.24, 2.45) is 0 Å². The van der Waals surface area contributed by atoms with Crippen LogP contribution in [-0.2, 0) is 4.79 Å². The Kier molecular flexibility index (Phi) is 6.23. The second kappa shape index (κ2) is 8.19. The highest BCUT2D eigenvalue weighted by Crippen LogP contribution is 2.21. The number of hydrogen-bond acceptors (Lipinski definition) is 2. The fraction of sp³-hybridized carbons (Fsp3) is 0.158. The molecule has 0 unspecified atom stereocenters. The van der Waals surface area contributed by atoms with Crippen molar-refractivity contribution >= 4 is 41.2 Å². The highest BCUT2D eigenvalue weighted by molar-refractivity contribution is 6.36. The van der Waals surface area contributed by atoms with Crippen molar-refractivity contribution in [1.82, 2.24) is 5.32 Å². The Hall–Kier alpha value is -2.30. The fourth-order valence-corrected chi connectivity index (χ4v) is 2.65.